The summed E-state index contributed by atoms with van der Waals surface area (Å²) >= 11 is 0. The highest BCUT2D eigenvalue weighted by atomic mass is 16.6. The number of nitrogens with zero attached hydrogens (tertiary/aromatic N) is 3. The number of nitrogens with one attached hydrogen (secondary N) is 2. The molecule has 16 heavy (non-hydrogen) atoms. The topological polar surface area (TPSA) is 162 Å². The summed E-state index contributed by atoms with van der Waals surface area (Å²) in [7, 11) is 0. The highest BCUT2D eigenvalue weighted by molar-refractivity contribution is 5.79. The molecule has 10 heteroatoms. The maximum absolute atomic E-state index is 10.6. The number of aromatic nitrogens is 2. The largest absolute Gasteiger partial charge is 0.368 e. The highest BCUT2D eigenvalue weighted by Crippen LogP contribution is 2.21. The van der Waals surface area contributed by atoms with Crippen LogP contribution in [0.15, 0.2) is 6.20 Å². The van der Waals surface area contributed by atoms with Gasteiger partial charge in [0.25, 0.3) is 0 Å². The Bertz CT molecular complexity index is 421. The number of amides is 1. The Morgan fingerprint density at radius 3 is 2.81 bits per heavy atom. The van der Waals surface area contributed by atoms with Gasteiger partial charge < -0.3 is 11.1 Å². The van der Waals surface area contributed by atoms with Crippen molar-refractivity contribution < 1.29 is 9.72 Å². The summed E-state index contributed by atoms with van der Waals surface area (Å²) in [6.45, 7) is -0.276. The number of primary amides is 1. The summed E-state index contributed by atoms with van der Waals surface area (Å²) in [5.74, 6) is 4.22. The Labute approximate surface area is 89.2 Å². The monoisotopic (exact) mass is 227 g/mol. The normalized spacial score (nSPS) is 9.56. The fourth-order valence-electron chi connectivity index (χ4n) is 0.880. The van der Waals surface area contributed by atoms with Crippen LogP contribution in [0.2, 0.25) is 0 Å². The lowest BCUT2D eigenvalue weighted by Gasteiger charge is -2.05. The molecule has 1 heterocycles. The van der Waals surface area contributed by atoms with Crippen molar-refractivity contribution >= 4 is 23.4 Å². The zero-order chi connectivity index (χ0) is 12.1. The molecule has 0 saturated carbocycles. The molecule has 0 bridgehead atoms. The van der Waals surface area contributed by atoms with Crippen molar-refractivity contribution in [3.63, 3.8) is 0 Å². The van der Waals surface area contributed by atoms with E-state index in [1.54, 1.807) is 0 Å². The summed E-state index contributed by atoms with van der Waals surface area (Å²) in [6.07, 6.45) is 0.964. The number of carbonyl (C=O) groups is 1. The minimum Gasteiger partial charge on any atom is -0.368 e. The molecule has 1 rings (SSSR count). The smallest absolute Gasteiger partial charge is 0.329 e. The number of hydrazine groups is 1. The molecule has 0 fully saturated rings. The molecule has 6 N–H and O–H groups in total. The zero-order valence-corrected chi connectivity index (χ0v) is 8.01. The van der Waals surface area contributed by atoms with E-state index in [1.165, 1.54) is 0 Å². The van der Waals surface area contributed by atoms with Crippen LogP contribution in [-0.4, -0.2) is 27.3 Å². The molecule has 1 aromatic heterocycles. The SMILES string of the molecule is NNc1ncc([N+](=O)[O-])c(NCC(N)=O)n1. The molecule has 10 nitrogen and oxygen atoms in total. The summed E-state index contributed by atoms with van der Waals surface area (Å²) in [6, 6.07) is 0. The Morgan fingerprint density at radius 1 is 1.62 bits per heavy atom. The molecule has 1 amide bonds. The second kappa shape index (κ2) is 4.84. The lowest BCUT2D eigenvalue weighted by atomic mass is 10.4. The fourth-order valence-corrected chi connectivity index (χ4v) is 0.880. The molecule has 0 aliphatic heterocycles. The van der Waals surface area contributed by atoms with E-state index in [4.69, 9.17) is 11.6 Å². The predicted molar refractivity (Wildman–Crippen MR) is 54.2 cm³/mol. The van der Waals surface area contributed by atoms with Gasteiger partial charge in [0, 0.05) is 0 Å². The van der Waals surface area contributed by atoms with Gasteiger partial charge in [0.05, 0.1) is 11.5 Å². The van der Waals surface area contributed by atoms with Crippen molar-refractivity contribution in [3.05, 3.63) is 16.3 Å². The number of nitrogens with two attached hydrogens (primary N) is 2. The van der Waals surface area contributed by atoms with Gasteiger partial charge in [-0.05, 0) is 0 Å². The van der Waals surface area contributed by atoms with Crippen LogP contribution in [0.4, 0.5) is 17.5 Å². The van der Waals surface area contributed by atoms with E-state index in [9.17, 15) is 14.9 Å². The van der Waals surface area contributed by atoms with E-state index in [-0.39, 0.29) is 24.0 Å². The molecule has 0 unspecified atom stereocenters. The third kappa shape index (κ3) is 2.75. The first-order valence-corrected chi connectivity index (χ1v) is 4.05. The van der Waals surface area contributed by atoms with Gasteiger partial charge in [-0.1, -0.05) is 0 Å². The lowest BCUT2D eigenvalue weighted by Crippen LogP contribution is -2.23. The number of nitrogen functional groups attached to an aromatic ring is 1. The maximum atomic E-state index is 10.6. The Morgan fingerprint density at radius 2 is 2.31 bits per heavy atom. The Kier molecular flexibility index (Phi) is 3.50. The van der Waals surface area contributed by atoms with E-state index < -0.39 is 10.8 Å². The number of nitro groups is 1. The van der Waals surface area contributed by atoms with Crippen molar-refractivity contribution in [1.29, 1.82) is 0 Å². The highest BCUT2D eigenvalue weighted by Gasteiger charge is 2.17. The van der Waals surface area contributed by atoms with Crippen LogP contribution in [0.5, 0.6) is 0 Å². The first-order chi connectivity index (χ1) is 7.54. The molecule has 0 aromatic carbocycles. The Balaban J connectivity index is 3.00. The van der Waals surface area contributed by atoms with E-state index in [1.807, 2.05) is 0 Å². The first kappa shape index (κ1) is 11.6. The average molecular weight is 227 g/mol. The number of hydrogen-bond acceptors (Lipinski definition) is 8. The minimum atomic E-state index is -0.691. The van der Waals surface area contributed by atoms with Crippen LogP contribution in [0.3, 0.4) is 0 Å². The van der Waals surface area contributed by atoms with E-state index in [2.05, 4.69) is 20.7 Å². The van der Waals surface area contributed by atoms with Crippen molar-refractivity contribution in [2.45, 2.75) is 0 Å². The van der Waals surface area contributed by atoms with E-state index in [0.717, 1.165) is 6.20 Å². The molecule has 0 saturated heterocycles. The third-order valence-electron chi connectivity index (χ3n) is 1.53. The van der Waals surface area contributed by atoms with Crippen molar-refractivity contribution in [2.75, 3.05) is 17.3 Å². The summed E-state index contributed by atoms with van der Waals surface area (Å²) in [4.78, 5) is 27.6. The molecule has 0 atom stereocenters. The third-order valence-corrected chi connectivity index (χ3v) is 1.53. The average Bonchev–Trinajstić information content (AvgIpc) is 2.25. The van der Waals surface area contributed by atoms with Crippen LogP contribution in [0, 0.1) is 10.1 Å². The summed E-state index contributed by atoms with van der Waals surface area (Å²) in [5, 5.41) is 13.0. The van der Waals surface area contributed by atoms with Crippen LogP contribution < -0.4 is 22.3 Å². The molecule has 0 spiro atoms. The summed E-state index contributed by atoms with van der Waals surface area (Å²) in [5.41, 5.74) is 6.63. The molecule has 0 aliphatic carbocycles. The van der Waals surface area contributed by atoms with Crippen LogP contribution in [-0.2, 0) is 4.79 Å². The van der Waals surface area contributed by atoms with Gasteiger partial charge in [0.2, 0.25) is 17.7 Å². The quantitative estimate of drug-likeness (QED) is 0.270. The van der Waals surface area contributed by atoms with Gasteiger partial charge in [-0.15, -0.1) is 0 Å². The first-order valence-electron chi connectivity index (χ1n) is 4.05. The van der Waals surface area contributed by atoms with Gasteiger partial charge >= 0.3 is 5.69 Å². The number of carbonyl (C=O) groups excluding carboxylic acids is 1. The van der Waals surface area contributed by atoms with Gasteiger partial charge in [0.1, 0.15) is 6.20 Å². The molecule has 1 aromatic rings. The number of anilines is 2. The molecule has 0 radical (unpaired) electrons. The number of hydrogen-bond donors (Lipinski definition) is 4. The lowest BCUT2D eigenvalue weighted by molar-refractivity contribution is -0.384. The van der Waals surface area contributed by atoms with Crippen molar-refractivity contribution in [1.82, 2.24) is 9.97 Å². The Hall–Kier alpha value is -2.49. The fraction of sp³-hybridized carbons (Fsp3) is 0.167. The molecular formula is C6H9N7O3. The summed E-state index contributed by atoms with van der Waals surface area (Å²) < 4.78 is 0. The van der Waals surface area contributed by atoms with Gasteiger partial charge in [0.15, 0.2) is 0 Å². The predicted octanol–water partition coefficient (Wildman–Crippen LogP) is -1.43. The second-order valence-corrected chi connectivity index (χ2v) is 2.65. The minimum absolute atomic E-state index is 0.0161. The van der Waals surface area contributed by atoms with Crippen LogP contribution in [0.1, 0.15) is 0 Å². The van der Waals surface area contributed by atoms with Gasteiger partial charge in [-0.2, -0.15) is 4.98 Å². The standard InChI is InChI=1S/C6H9N7O3/c7-4(14)2-9-5-3(13(15)16)1-10-6(11-5)12-8/h1H,2,8H2,(H2,7,14)(H2,9,10,11,12). The molecular weight excluding hydrogens is 218 g/mol. The molecule has 86 valence electrons. The van der Waals surface area contributed by atoms with Crippen molar-refractivity contribution in [3.8, 4) is 0 Å². The maximum Gasteiger partial charge on any atom is 0.329 e. The molecule has 0 aliphatic rings. The number of rotatable bonds is 5. The van der Waals surface area contributed by atoms with Gasteiger partial charge in [-0.3, -0.25) is 20.3 Å². The van der Waals surface area contributed by atoms with Crippen LogP contribution in [0.25, 0.3) is 0 Å². The van der Waals surface area contributed by atoms with E-state index >= 15 is 0 Å². The van der Waals surface area contributed by atoms with E-state index in [0.29, 0.717) is 0 Å². The van der Waals surface area contributed by atoms with Crippen LogP contribution >= 0.6 is 0 Å². The second-order valence-electron chi connectivity index (χ2n) is 2.65. The zero-order valence-electron chi connectivity index (χ0n) is 8.01. The van der Waals surface area contributed by atoms with Crippen molar-refractivity contribution in [2.24, 2.45) is 11.6 Å². The van der Waals surface area contributed by atoms with Gasteiger partial charge in [-0.25, -0.2) is 10.8 Å².